The summed E-state index contributed by atoms with van der Waals surface area (Å²) in [6.45, 7) is 1.90. The van der Waals surface area contributed by atoms with Crippen LogP contribution in [-0.4, -0.2) is 25.5 Å². The van der Waals surface area contributed by atoms with Gasteiger partial charge in [0.05, 0.1) is 4.90 Å². The third kappa shape index (κ3) is 4.64. The van der Waals surface area contributed by atoms with Gasteiger partial charge in [-0.1, -0.05) is 42.5 Å². The Hall–Kier alpha value is -2.22. The van der Waals surface area contributed by atoms with Crippen LogP contribution >= 0.6 is 0 Å². The lowest BCUT2D eigenvalue weighted by Crippen LogP contribution is -2.32. The summed E-state index contributed by atoms with van der Waals surface area (Å²) in [5.74, 6) is -1.05. The molecule has 0 amide bonds. The van der Waals surface area contributed by atoms with Crippen molar-refractivity contribution in [3.05, 3.63) is 65.2 Å². The molecule has 1 atom stereocenters. The molecule has 1 unspecified atom stereocenters. The summed E-state index contributed by atoms with van der Waals surface area (Å²) < 4.78 is 27.2. The molecule has 128 valence electrons. The second-order valence-electron chi connectivity index (χ2n) is 5.56. The fourth-order valence-corrected chi connectivity index (χ4v) is 3.51. The Morgan fingerprint density at radius 3 is 2.29 bits per heavy atom. The molecule has 0 aliphatic carbocycles. The van der Waals surface area contributed by atoms with Crippen LogP contribution in [0.15, 0.2) is 53.4 Å². The van der Waals surface area contributed by atoms with Gasteiger partial charge < -0.3 is 10.8 Å². The van der Waals surface area contributed by atoms with Crippen molar-refractivity contribution in [1.29, 1.82) is 0 Å². The van der Waals surface area contributed by atoms with E-state index in [0.29, 0.717) is 5.56 Å². The Bertz CT molecular complexity index is 817. The summed E-state index contributed by atoms with van der Waals surface area (Å²) in [5.41, 5.74) is 7.74. The van der Waals surface area contributed by atoms with Gasteiger partial charge in [0.25, 0.3) is 0 Å². The standard InChI is InChI=1S/C17H20N2O4S/c1-12-4-2-3-5-16(12)24(22,23)19-11-14-8-6-13(7-9-14)10-15(18)17(20)21/h2-9,15,19H,10-11,18H2,1H3,(H,20,21). The molecule has 0 radical (unpaired) electrons. The molecule has 2 rings (SSSR count). The molecular formula is C17H20N2O4S. The van der Waals surface area contributed by atoms with Crippen molar-refractivity contribution in [1.82, 2.24) is 4.72 Å². The van der Waals surface area contributed by atoms with Crippen LogP contribution in [0.2, 0.25) is 0 Å². The molecule has 2 aromatic carbocycles. The number of carbonyl (C=O) groups is 1. The summed E-state index contributed by atoms with van der Waals surface area (Å²) in [5, 5.41) is 8.80. The number of hydrogen-bond acceptors (Lipinski definition) is 4. The monoisotopic (exact) mass is 348 g/mol. The average molecular weight is 348 g/mol. The zero-order valence-electron chi connectivity index (χ0n) is 13.3. The van der Waals surface area contributed by atoms with Crippen molar-refractivity contribution in [3.8, 4) is 0 Å². The molecular weight excluding hydrogens is 328 g/mol. The van der Waals surface area contributed by atoms with E-state index in [0.717, 1.165) is 11.1 Å². The zero-order chi connectivity index (χ0) is 17.7. The van der Waals surface area contributed by atoms with E-state index >= 15 is 0 Å². The van der Waals surface area contributed by atoms with Gasteiger partial charge in [-0.3, -0.25) is 4.79 Å². The molecule has 4 N–H and O–H groups in total. The van der Waals surface area contributed by atoms with Gasteiger partial charge in [0.2, 0.25) is 10.0 Å². The van der Waals surface area contributed by atoms with Crippen LogP contribution in [0.5, 0.6) is 0 Å². The first-order chi connectivity index (χ1) is 11.3. The quantitative estimate of drug-likeness (QED) is 0.701. The summed E-state index contributed by atoms with van der Waals surface area (Å²) in [6, 6.07) is 12.8. The molecule has 0 aliphatic rings. The molecule has 0 aromatic heterocycles. The number of aryl methyl sites for hydroxylation is 1. The third-order valence-electron chi connectivity index (χ3n) is 3.65. The smallest absolute Gasteiger partial charge is 0.320 e. The molecule has 7 heteroatoms. The van der Waals surface area contributed by atoms with E-state index in [-0.39, 0.29) is 17.9 Å². The highest BCUT2D eigenvalue weighted by molar-refractivity contribution is 7.89. The second kappa shape index (κ2) is 7.57. The van der Waals surface area contributed by atoms with Crippen LogP contribution in [-0.2, 0) is 27.8 Å². The van der Waals surface area contributed by atoms with Gasteiger partial charge in [0.15, 0.2) is 0 Å². The molecule has 2 aromatic rings. The minimum atomic E-state index is -3.58. The lowest BCUT2D eigenvalue weighted by molar-refractivity contribution is -0.138. The molecule has 0 aliphatic heterocycles. The Morgan fingerprint density at radius 1 is 1.12 bits per heavy atom. The van der Waals surface area contributed by atoms with E-state index in [1.54, 1.807) is 55.5 Å². The van der Waals surface area contributed by atoms with Gasteiger partial charge in [-0.25, -0.2) is 13.1 Å². The normalized spacial score (nSPS) is 12.8. The maximum absolute atomic E-state index is 12.3. The summed E-state index contributed by atoms with van der Waals surface area (Å²) in [6.07, 6.45) is 0.227. The predicted octanol–water partition coefficient (Wildman–Crippen LogP) is 1.43. The summed E-state index contributed by atoms with van der Waals surface area (Å²) in [7, 11) is -3.58. The minimum Gasteiger partial charge on any atom is -0.480 e. The van der Waals surface area contributed by atoms with Gasteiger partial charge in [-0.05, 0) is 36.1 Å². The van der Waals surface area contributed by atoms with E-state index in [1.165, 1.54) is 0 Å². The number of nitrogens with one attached hydrogen (secondary N) is 1. The largest absolute Gasteiger partial charge is 0.480 e. The molecule has 0 heterocycles. The van der Waals surface area contributed by atoms with E-state index in [9.17, 15) is 13.2 Å². The van der Waals surface area contributed by atoms with Gasteiger partial charge in [-0.15, -0.1) is 0 Å². The number of aliphatic carboxylic acids is 1. The molecule has 0 bridgehead atoms. The highest BCUT2D eigenvalue weighted by Crippen LogP contribution is 2.14. The van der Waals surface area contributed by atoms with Gasteiger partial charge in [0, 0.05) is 6.54 Å². The number of carboxylic acids is 1. The Labute approximate surface area is 141 Å². The average Bonchev–Trinajstić information content (AvgIpc) is 2.54. The zero-order valence-corrected chi connectivity index (χ0v) is 14.1. The van der Waals surface area contributed by atoms with E-state index in [1.807, 2.05) is 0 Å². The Kier molecular flexibility index (Phi) is 5.71. The predicted molar refractivity (Wildman–Crippen MR) is 91.0 cm³/mol. The van der Waals surface area contributed by atoms with Crippen LogP contribution < -0.4 is 10.5 Å². The summed E-state index contributed by atoms with van der Waals surface area (Å²) in [4.78, 5) is 11.0. The van der Waals surface area contributed by atoms with E-state index in [4.69, 9.17) is 10.8 Å². The number of hydrogen-bond donors (Lipinski definition) is 3. The maximum Gasteiger partial charge on any atom is 0.320 e. The third-order valence-corrected chi connectivity index (χ3v) is 5.21. The highest BCUT2D eigenvalue weighted by atomic mass is 32.2. The van der Waals surface area contributed by atoms with Crippen molar-refractivity contribution in [2.75, 3.05) is 0 Å². The Morgan fingerprint density at radius 2 is 1.71 bits per heavy atom. The number of benzene rings is 2. The van der Waals surface area contributed by atoms with Crippen molar-refractivity contribution in [3.63, 3.8) is 0 Å². The van der Waals surface area contributed by atoms with Crippen LogP contribution in [0.3, 0.4) is 0 Å². The fraction of sp³-hybridized carbons (Fsp3) is 0.235. The maximum atomic E-state index is 12.3. The van der Waals surface area contributed by atoms with Crippen molar-refractivity contribution < 1.29 is 18.3 Å². The lowest BCUT2D eigenvalue weighted by atomic mass is 10.0. The highest BCUT2D eigenvalue weighted by Gasteiger charge is 2.16. The number of nitrogens with two attached hydrogens (primary N) is 1. The molecule has 24 heavy (non-hydrogen) atoms. The van der Waals surface area contributed by atoms with Crippen molar-refractivity contribution in [2.45, 2.75) is 30.8 Å². The second-order valence-corrected chi connectivity index (χ2v) is 7.29. The van der Waals surface area contributed by atoms with Crippen LogP contribution in [0.25, 0.3) is 0 Å². The first-order valence-corrected chi connectivity index (χ1v) is 8.89. The Balaban J connectivity index is 2.02. The number of rotatable bonds is 7. The molecule has 0 saturated carbocycles. The first-order valence-electron chi connectivity index (χ1n) is 7.41. The van der Waals surface area contributed by atoms with Crippen molar-refractivity contribution in [2.24, 2.45) is 5.73 Å². The molecule has 6 nitrogen and oxygen atoms in total. The summed E-state index contributed by atoms with van der Waals surface area (Å²) >= 11 is 0. The van der Waals surface area contributed by atoms with Crippen LogP contribution in [0, 0.1) is 6.92 Å². The van der Waals surface area contributed by atoms with Crippen LogP contribution in [0.4, 0.5) is 0 Å². The van der Waals surface area contributed by atoms with E-state index in [2.05, 4.69) is 4.72 Å². The van der Waals surface area contributed by atoms with Gasteiger partial charge >= 0.3 is 5.97 Å². The van der Waals surface area contributed by atoms with Crippen LogP contribution in [0.1, 0.15) is 16.7 Å². The first kappa shape index (κ1) is 18.1. The molecule has 0 fully saturated rings. The minimum absolute atomic E-state index is 0.155. The number of carboxylic acid groups (broad SMARTS) is 1. The SMILES string of the molecule is Cc1ccccc1S(=O)(=O)NCc1ccc(CC(N)C(=O)O)cc1. The topological polar surface area (TPSA) is 109 Å². The van der Waals surface area contributed by atoms with Gasteiger partial charge in [-0.2, -0.15) is 0 Å². The van der Waals surface area contributed by atoms with Crippen molar-refractivity contribution >= 4 is 16.0 Å². The van der Waals surface area contributed by atoms with E-state index < -0.39 is 22.0 Å². The number of sulfonamides is 1. The lowest BCUT2D eigenvalue weighted by Gasteiger charge is -2.10. The molecule has 0 spiro atoms. The van der Waals surface area contributed by atoms with Gasteiger partial charge in [0.1, 0.15) is 6.04 Å². The molecule has 0 saturated heterocycles. The fourth-order valence-electron chi connectivity index (χ4n) is 2.25.